The average molecular weight is 320 g/mol. The molecule has 1 N–H and O–H groups in total. The van der Waals surface area contributed by atoms with Crippen molar-refractivity contribution in [1.82, 2.24) is 4.90 Å². The van der Waals surface area contributed by atoms with Gasteiger partial charge in [-0.3, -0.25) is 4.79 Å². The van der Waals surface area contributed by atoms with E-state index in [1.165, 1.54) is 30.2 Å². The molecule has 4 nitrogen and oxygen atoms in total. The molecule has 0 aliphatic heterocycles. The quantitative estimate of drug-likeness (QED) is 0.898. The zero-order valence-corrected chi connectivity index (χ0v) is 11.8. The molecule has 0 aliphatic rings. The lowest BCUT2D eigenvalue weighted by Crippen LogP contribution is -2.36. The molecule has 1 rings (SSSR count). The third kappa shape index (κ3) is 4.04. The molecule has 1 aromatic carbocycles. The van der Waals surface area contributed by atoms with Crippen LogP contribution in [-0.2, 0) is 4.74 Å². The second-order valence-electron chi connectivity index (χ2n) is 3.92. The van der Waals surface area contributed by atoms with E-state index in [-0.39, 0.29) is 19.1 Å². The number of hydrogen-bond acceptors (Lipinski definition) is 3. The van der Waals surface area contributed by atoms with Crippen LogP contribution in [0.1, 0.15) is 10.4 Å². The number of amides is 1. The van der Waals surface area contributed by atoms with E-state index in [0.29, 0.717) is 10.0 Å². The molecule has 0 radical (unpaired) electrons. The zero-order valence-electron chi connectivity index (χ0n) is 10.2. The van der Waals surface area contributed by atoms with Crippen molar-refractivity contribution in [3.05, 3.63) is 34.1 Å². The summed E-state index contributed by atoms with van der Waals surface area (Å²) in [6, 6.07) is 3.85. The Hall–Kier alpha value is -0.980. The minimum Gasteiger partial charge on any atom is -0.389 e. The van der Waals surface area contributed by atoms with E-state index >= 15 is 0 Å². The van der Waals surface area contributed by atoms with E-state index in [9.17, 15) is 14.3 Å². The lowest BCUT2D eigenvalue weighted by Gasteiger charge is -2.21. The van der Waals surface area contributed by atoms with E-state index < -0.39 is 11.9 Å². The van der Waals surface area contributed by atoms with Crippen molar-refractivity contribution in [3.63, 3.8) is 0 Å². The normalized spacial score (nSPS) is 12.3. The number of carbonyl (C=O) groups excluding carboxylic acids is 1. The van der Waals surface area contributed by atoms with Crippen LogP contribution in [0.25, 0.3) is 0 Å². The summed E-state index contributed by atoms with van der Waals surface area (Å²) in [7, 11) is 3.04. The molecular weight excluding hydrogens is 305 g/mol. The highest BCUT2D eigenvalue weighted by atomic mass is 79.9. The maximum atomic E-state index is 12.9. The van der Waals surface area contributed by atoms with Gasteiger partial charge in [-0.25, -0.2) is 4.39 Å². The van der Waals surface area contributed by atoms with Gasteiger partial charge < -0.3 is 14.7 Å². The van der Waals surface area contributed by atoms with Gasteiger partial charge in [0.1, 0.15) is 5.82 Å². The van der Waals surface area contributed by atoms with Crippen LogP contribution in [0.3, 0.4) is 0 Å². The fourth-order valence-corrected chi connectivity index (χ4v) is 2.03. The number of likely N-dealkylation sites (N-methyl/N-ethyl adjacent to an activating group) is 1. The summed E-state index contributed by atoms with van der Waals surface area (Å²) in [5.74, 6) is -0.711. The summed E-state index contributed by atoms with van der Waals surface area (Å²) in [6.45, 7) is 0.304. The van der Waals surface area contributed by atoms with Crippen LogP contribution in [0.4, 0.5) is 4.39 Å². The van der Waals surface area contributed by atoms with Crippen molar-refractivity contribution >= 4 is 21.8 Å². The lowest BCUT2D eigenvalue weighted by atomic mass is 10.2. The molecule has 0 saturated heterocycles. The van der Waals surface area contributed by atoms with Crippen molar-refractivity contribution in [2.45, 2.75) is 6.10 Å². The Labute approximate surface area is 113 Å². The number of rotatable bonds is 5. The molecule has 0 aromatic heterocycles. The first kappa shape index (κ1) is 15.1. The molecule has 0 fully saturated rings. The molecule has 0 saturated carbocycles. The van der Waals surface area contributed by atoms with Gasteiger partial charge >= 0.3 is 0 Å². The summed E-state index contributed by atoms with van der Waals surface area (Å²) in [5.41, 5.74) is 0.350. The van der Waals surface area contributed by atoms with Crippen LogP contribution in [0.2, 0.25) is 0 Å². The Morgan fingerprint density at radius 1 is 1.61 bits per heavy atom. The predicted octanol–water partition coefficient (Wildman–Crippen LogP) is 1.67. The standard InChI is InChI=1S/C12H15BrFNO3/c1-15(6-9(16)7-18-2)12(17)10-4-3-8(14)5-11(10)13/h3-5,9,16H,6-7H2,1-2H3. The van der Waals surface area contributed by atoms with Crippen molar-refractivity contribution in [2.24, 2.45) is 0 Å². The summed E-state index contributed by atoms with van der Waals surface area (Å²) < 4.78 is 18.1. The number of nitrogens with zero attached hydrogens (tertiary/aromatic N) is 1. The Morgan fingerprint density at radius 2 is 2.28 bits per heavy atom. The van der Waals surface area contributed by atoms with Gasteiger partial charge in [0, 0.05) is 25.2 Å². The van der Waals surface area contributed by atoms with E-state index in [4.69, 9.17) is 4.74 Å². The molecule has 1 amide bonds. The van der Waals surface area contributed by atoms with Gasteiger partial charge in [0.05, 0.1) is 18.3 Å². The number of benzene rings is 1. The largest absolute Gasteiger partial charge is 0.389 e. The number of ether oxygens (including phenoxy) is 1. The van der Waals surface area contributed by atoms with Gasteiger partial charge in [-0.15, -0.1) is 0 Å². The van der Waals surface area contributed by atoms with E-state index in [1.54, 1.807) is 7.05 Å². The summed E-state index contributed by atoms with van der Waals surface area (Å²) >= 11 is 3.14. The molecule has 0 heterocycles. The smallest absolute Gasteiger partial charge is 0.254 e. The zero-order chi connectivity index (χ0) is 13.7. The van der Waals surface area contributed by atoms with E-state index in [2.05, 4.69) is 15.9 Å². The Kier molecular flexibility index (Phi) is 5.71. The fourth-order valence-electron chi connectivity index (χ4n) is 1.51. The minimum atomic E-state index is -0.747. The van der Waals surface area contributed by atoms with Gasteiger partial charge in [0.25, 0.3) is 5.91 Å². The van der Waals surface area contributed by atoms with Crippen molar-refractivity contribution < 1.29 is 19.0 Å². The fraction of sp³-hybridized carbons (Fsp3) is 0.417. The molecule has 0 aliphatic carbocycles. The van der Waals surface area contributed by atoms with E-state index in [1.807, 2.05) is 0 Å². The van der Waals surface area contributed by atoms with Gasteiger partial charge in [-0.2, -0.15) is 0 Å². The van der Waals surface area contributed by atoms with Crippen molar-refractivity contribution in [1.29, 1.82) is 0 Å². The third-order valence-corrected chi connectivity index (χ3v) is 3.01. The Bertz CT molecular complexity index is 428. The summed E-state index contributed by atoms with van der Waals surface area (Å²) in [5, 5.41) is 9.54. The molecule has 1 atom stereocenters. The first-order valence-corrected chi connectivity index (χ1v) is 6.12. The molecular formula is C12H15BrFNO3. The molecule has 1 aromatic rings. The molecule has 100 valence electrons. The van der Waals surface area contributed by atoms with Crippen LogP contribution in [0, 0.1) is 5.82 Å². The monoisotopic (exact) mass is 319 g/mol. The van der Waals surface area contributed by atoms with Crippen LogP contribution in [0.5, 0.6) is 0 Å². The van der Waals surface area contributed by atoms with Gasteiger partial charge in [0.15, 0.2) is 0 Å². The van der Waals surface area contributed by atoms with Crippen molar-refractivity contribution in [3.8, 4) is 0 Å². The Morgan fingerprint density at radius 3 is 2.83 bits per heavy atom. The minimum absolute atomic E-state index is 0.149. The highest BCUT2D eigenvalue weighted by molar-refractivity contribution is 9.10. The molecule has 1 unspecified atom stereocenters. The first-order valence-electron chi connectivity index (χ1n) is 5.33. The van der Waals surface area contributed by atoms with E-state index in [0.717, 1.165) is 0 Å². The van der Waals surface area contributed by atoms with Crippen molar-refractivity contribution in [2.75, 3.05) is 27.3 Å². The third-order valence-electron chi connectivity index (χ3n) is 2.35. The molecule has 0 spiro atoms. The van der Waals surface area contributed by atoms with Crippen LogP contribution < -0.4 is 0 Å². The van der Waals surface area contributed by atoms with Crippen LogP contribution >= 0.6 is 15.9 Å². The highest BCUT2D eigenvalue weighted by Crippen LogP contribution is 2.19. The maximum absolute atomic E-state index is 12.9. The predicted molar refractivity (Wildman–Crippen MR) is 68.9 cm³/mol. The SMILES string of the molecule is COCC(O)CN(C)C(=O)c1ccc(F)cc1Br. The number of methoxy groups -OCH3 is 1. The Balaban J connectivity index is 2.74. The van der Waals surface area contributed by atoms with Crippen LogP contribution in [0.15, 0.2) is 22.7 Å². The van der Waals surface area contributed by atoms with Gasteiger partial charge in [0.2, 0.25) is 0 Å². The summed E-state index contributed by atoms with van der Waals surface area (Å²) in [6.07, 6.45) is -0.747. The lowest BCUT2D eigenvalue weighted by molar-refractivity contribution is 0.0380. The molecule has 6 heteroatoms. The number of carbonyl (C=O) groups is 1. The molecule has 0 bridgehead atoms. The highest BCUT2D eigenvalue weighted by Gasteiger charge is 2.17. The van der Waals surface area contributed by atoms with Gasteiger partial charge in [-0.05, 0) is 34.1 Å². The molecule has 18 heavy (non-hydrogen) atoms. The van der Waals surface area contributed by atoms with Gasteiger partial charge in [-0.1, -0.05) is 0 Å². The number of hydrogen-bond donors (Lipinski definition) is 1. The number of aliphatic hydroxyl groups excluding tert-OH is 1. The maximum Gasteiger partial charge on any atom is 0.254 e. The average Bonchev–Trinajstić information content (AvgIpc) is 2.28. The number of halogens is 2. The summed E-state index contributed by atoms with van der Waals surface area (Å²) in [4.78, 5) is 13.4. The second-order valence-corrected chi connectivity index (χ2v) is 4.77. The van der Waals surface area contributed by atoms with Crippen LogP contribution in [-0.4, -0.2) is 49.3 Å². The second kappa shape index (κ2) is 6.82. The topological polar surface area (TPSA) is 49.8 Å². The number of aliphatic hydroxyl groups is 1. The first-order chi connectivity index (χ1) is 8.45.